The first kappa shape index (κ1) is 11.9. The summed E-state index contributed by atoms with van der Waals surface area (Å²) in [4.78, 5) is 14.1. The Morgan fingerprint density at radius 2 is 1.81 bits per heavy atom. The molecular weight excluding hydrogens is 200 g/mol. The molecule has 0 aromatic carbocycles. The second-order valence-corrected chi connectivity index (χ2v) is 5.38. The summed E-state index contributed by atoms with van der Waals surface area (Å²) in [6, 6.07) is 0.517. The third-order valence-electron chi connectivity index (χ3n) is 4.10. The molecule has 0 aromatic rings. The first-order chi connectivity index (χ1) is 7.77. The van der Waals surface area contributed by atoms with Gasteiger partial charge in [-0.25, -0.2) is 0 Å². The van der Waals surface area contributed by atoms with Crippen molar-refractivity contribution in [2.75, 3.05) is 20.1 Å². The number of nitrogens with one attached hydrogen (secondary N) is 1. The van der Waals surface area contributed by atoms with Gasteiger partial charge in [0.15, 0.2) is 0 Å². The topological polar surface area (TPSA) is 32.3 Å². The molecule has 0 atom stereocenters. The van der Waals surface area contributed by atoms with Crippen LogP contribution in [0.25, 0.3) is 0 Å². The summed E-state index contributed by atoms with van der Waals surface area (Å²) < 4.78 is 0. The van der Waals surface area contributed by atoms with Crippen molar-refractivity contribution in [2.24, 2.45) is 5.92 Å². The zero-order valence-electron chi connectivity index (χ0n) is 10.4. The van der Waals surface area contributed by atoms with Gasteiger partial charge in [0, 0.05) is 19.5 Å². The summed E-state index contributed by atoms with van der Waals surface area (Å²) >= 11 is 0. The van der Waals surface area contributed by atoms with E-state index in [0.717, 1.165) is 19.5 Å². The second-order valence-electron chi connectivity index (χ2n) is 5.38. The maximum atomic E-state index is 12.1. The van der Waals surface area contributed by atoms with E-state index in [0.29, 0.717) is 17.9 Å². The smallest absolute Gasteiger partial charge is 0.222 e. The average molecular weight is 224 g/mol. The van der Waals surface area contributed by atoms with Crippen LogP contribution in [0.2, 0.25) is 0 Å². The monoisotopic (exact) mass is 224 g/mol. The molecule has 2 rings (SSSR count). The van der Waals surface area contributed by atoms with Crippen molar-refractivity contribution in [3.05, 3.63) is 0 Å². The van der Waals surface area contributed by atoms with Crippen LogP contribution in [-0.4, -0.2) is 37.0 Å². The largest absolute Gasteiger partial charge is 0.343 e. The lowest BCUT2D eigenvalue weighted by Gasteiger charge is -2.32. The van der Waals surface area contributed by atoms with Gasteiger partial charge in [0.1, 0.15) is 0 Å². The highest BCUT2D eigenvalue weighted by molar-refractivity contribution is 5.76. The van der Waals surface area contributed by atoms with Crippen molar-refractivity contribution in [3.8, 4) is 0 Å². The first-order valence-electron chi connectivity index (χ1n) is 6.74. The zero-order valence-corrected chi connectivity index (χ0v) is 10.4. The number of hydrogen-bond acceptors (Lipinski definition) is 2. The zero-order chi connectivity index (χ0) is 11.4. The van der Waals surface area contributed by atoms with Gasteiger partial charge >= 0.3 is 0 Å². The molecule has 3 heteroatoms. The van der Waals surface area contributed by atoms with Crippen LogP contribution in [0.4, 0.5) is 0 Å². The lowest BCUT2D eigenvalue weighted by Crippen LogP contribution is -2.46. The highest BCUT2D eigenvalue weighted by Crippen LogP contribution is 2.22. The van der Waals surface area contributed by atoms with Crippen LogP contribution < -0.4 is 5.32 Å². The van der Waals surface area contributed by atoms with E-state index < -0.39 is 0 Å². The maximum absolute atomic E-state index is 12.1. The minimum Gasteiger partial charge on any atom is -0.343 e. The Morgan fingerprint density at radius 3 is 2.31 bits per heavy atom. The normalized spacial score (nSPS) is 23.6. The highest BCUT2D eigenvalue weighted by Gasteiger charge is 2.25. The number of carbonyl (C=O) groups is 1. The maximum Gasteiger partial charge on any atom is 0.222 e. The predicted octanol–water partition coefficient (Wildman–Crippen LogP) is 1.78. The van der Waals surface area contributed by atoms with Gasteiger partial charge in [-0.2, -0.15) is 0 Å². The van der Waals surface area contributed by atoms with Gasteiger partial charge in [-0.1, -0.05) is 25.7 Å². The third kappa shape index (κ3) is 2.97. The molecule has 3 nitrogen and oxygen atoms in total. The van der Waals surface area contributed by atoms with E-state index in [-0.39, 0.29) is 0 Å². The minimum absolute atomic E-state index is 0.360. The summed E-state index contributed by atoms with van der Waals surface area (Å²) in [7, 11) is 2.00. The van der Waals surface area contributed by atoms with Crippen LogP contribution in [-0.2, 0) is 4.79 Å². The molecule has 1 aliphatic heterocycles. The van der Waals surface area contributed by atoms with Crippen LogP contribution in [0.15, 0.2) is 0 Å². The van der Waals surface area contributed by atoms with Crippen LogP contribution in [0.3, 0.4) is 0 Å². The van der Waals surface area contributed by atoms with E-state index in [1.807, 2.05) is 11.9 Å². The molecule has 0 bridgehead atoms. The van der Waals surface area contributed by atoms with E-state index >= 15 is 0 Å². The van der Waals surface area contributed by atoms with Crippen molar-refractivity contribution in [3.63, 3.8) is 0 Å². The molecule has 1 saturated carbocycles. The Labute approximate surface area is 98.6 Å². The predicted molar refractivity (Wildman–Crippen MR) is 65.2 cm³/mol. The Bertz CT molecular complexity index is 230. The van der Waals surface area contributed by atoms with Crippen molar-refractivity contribution in [1.29, 1.82) is 0 Å². The quantitative estimate of drug-likeness (QED) is 0.741. The number of hydrogen-bond donors (Lipinski definition) is 1. The summed E-state index contributed by atoms with van der Waals surface area (Å²) in [5, 5.41) is 3.22. The van der Waals surface area contributed by atoms with Gasteiger partial charge in [0.05, 0.1) is 0 Å². The van der Waals surface area contributed by atoms with Crippen LogP contribution in [0.1, 0.15) is 44.9 Å². The molecule has 2 aliphatic rings. The molecular formula is C13H24N2O. The van der Waals surface area contributed by atoms with Gasteiger partial charge in [-0.3, -0.25) is 4.79 Å². The molecule has 0 radical (unpaired) electrons. The molecule has 0 spiro atoms. The number of carbonyl (C=O) groups excluding carboxylic acids is 1. The fourth-order valence-corrected chi connectivity index (χ4v) is 2.73. The second kappa shape index (κ2) is 5.67. The number of rotatable bonds is 3. The molecule has 1 N–H and O–H groups in total. The fraction of sp³-hybridized carbons (Fsp3) is 0.923. The first-order valence-corrected chi connectivity index (χ1v) is 6.74. The SMILES string of the molecule is CN(C(=O)CC1CNC1)C1CCCCCC1. The van der Waals surface area contributed by atoms with Crippen molar-refractivity contribution < 1.29 is 4.79 Å². The van der Waals surface area contributed by atoms with E-state index in [1.54, 1.807) is 0 Å². The van der Waals surface area contributed by atoms with Crippen molar-refractivity contribution in [1.82, 2.24) is 10.2 Å². The van der Waals surface area contributed by atoms with E-state index in [1.165, 1.54) is 38.5 Å². The van der Waals surface area contributed by atoms with Gasteiger partial charge in [-0.15, -0.1) is 0 Å². The average Bonchev–Trinajstić information content (AvgIpc) is 2.50. The van der Waals surface area contributed by atoms with E-state index in [2.05, 4.69) is 5.32 Å². The Balaban J connectivity index is 1.79. The summed E-state index contributed by atoms with van der Waals surface area (Å²) in [6.45, 7) is 2.06. The van der Waals surface area contributed by atoms with Gasteiger partial charge in [-0.05, 0) is 31.8 Å². The molecule has 1 aliphatic carbocycles. The number of amides is 1. The van der Waals surface area contributed by atoms with Gasteiger partial charge in [0.2, 0.25) is 5.91 Å². The van der Waals surface area contributed by atoms with Crippen LogP contribution >= 0.6 is 0 Å². The molecule has 2 fully saturated rings. The molecule has 1 amide bonds. The molecule has 0 unspecified atom stereocenters. The minimum atomic E-state index is 0.360. The van der Waals surface area contributed by atoms with Crippen LogP contribution in [0.5, 0.6) is 0 Å². The lowest BCUT2D eigenvalue weighted by atomic mass is 9.98. The molecule has 16 heavy (non-hydrogen) atoms. The van der Waals surface area contributed by atoms with E-state index in [4.69, 9.17) is 0 Å². The third-order valence-corrected chi connectivity index (χ3v) is 4.10. The summed E-state index contributed by atoms with van der Waals surface area (Å²) in [5.74, 6) is 0.958. The molecule has 1 heterocycles. The van der Waals surface area contributed by atoms with Gasteiger partial charge < -0.3 is 10.2 Å². The summed E-state index contributed by atoms with van der Waals surface area (Å²) in [5.41, 5.74) is 0. The Morgan fingerprint density at radius 1 is 1.19 bits per heavy atom. The summed E-state index contributed by atoms with van der Waals surface area (Å²) in [6.07, 6.45) is 8.48. The van der Waals surface area contributed by atoms with Crippen molar-refractivity contribution in [2.45, 2.75) is 51.0 Å². The molecule has 0 aromatic heterocycles. The van der Waals surface area contributed by atoms with E-state index in [9.17, 15) is 4.79 Å². The highest BCUT2D eigenvalue weighted by atomic mass is 16.2. The standard InChI is InChI=1S/C13H24N2O/c1-15(12-6-4-2-3-5-7-12)13(16)8-11-9-14-10-11/h11-12,14H,2-10H2,1H3. The van der Waals surface area contributed by atoms with Crippen LogP contribution in [0, 0.1) is 5.92 Å². The van der Waals surface area contributed by atoms with Gasteiger partial charge in [0.25, 0.3) is 0 Å². The Kier molecular flexibility index (Phi) is 4.22. The lowest BCUT2D eigenvalue weighted by molar-refractivity contribution is -0.133. The van der Waals surface area contributed by atoms with Crippen molar-refractivity contribution >= 4 is 5.91 Å². The molecule has 1 saturated heterocycles. The molecule has 92 valence electrons. The fourth-order valence-electron chi connectivity index (χ4n) is 2.73. The number of nitrogens with zero attached hydrogens (tertiary/aromatic N) is 1. The Hall–Kier alpha value is -0.570.